The van der Waals surface area contributed by atoms with Crippen LogP contribution in [0.2, 0.25) is 10.0 Å². The lowest BCUT2D eigenvalue weighted by Gasteiger charge is -2.10. The minimum Gasteiger partial charge on any atom is -0.504 e. The average Bonchev–Trinajstić information content (AvgIpc) is 2.59. The molecule has 144 valence electrons. The minimum absolute atomic E-state index is 0.0208. The van der Waals surface area contributed by atoms with Gasteiger partial charge in [0.25, 0.3) is 0 Å². The van der Waals surface area contributed by atoms with Crippen LogP contribution in [0.1, 0.15) is 23.7 Å². The Morgan fingerprint density at radius 2 is 1.74 bits per heavy atom. The van der Waals surface area contributed by atoms with E-state index in [2.05, 4.69) is 10.0 Å². The Hall–Kier alpha value is -2.13. The number of ketones is 1. The Bertz CT molecular complexity index is 976. The molecule has 0 aliphatic rings. The molecule has 27 heavy (non-hydrogen) atoms. The predicted octanol–water partition coefficient (Wildman–Crippen LogP) is 3.21. The summed E-state index contributed by atoms with van der Waals surface area (Å²) in [4.78, 5) is 23.2. The maximum Gasteiger partial charge on any atom is 0.240 e. The molecule has 0 saturated carbocycles. The second-order valence-electron chi connectivity index (χ2n) is 5.56. The highest BCUT2D eigenvalue weighted by Gasteiger charge is 2.16. The van der Waals surface area contributed by atoms with Gasteiger partial charge in [0.1, 0.15) is 0 Å². The molecular formula is C17H16Cl2N2O5S. The number of nitrogens with one attached hydrogen (secondary N) is 2. The average molecular weight is 431 g/mol. The van der Waals surface area contributed by atoms with E-state index in [-0.39, 0.29) is 45.1 Å². The molecular weight excluding hydrogens is 415 g/mol. The van der Waals surface area contributed by atoms with Gasteiger partial charge in [0.05, 0.1) is 15.6 Å². The van der Waals surface area contributed by atoms with Crippen molar-refractivity contribution in [1.82, 2.24) is 4.72 Å². The van der Waals surface area contributed by atoms with Gasteiger partial charge in [-0.25, -0.2) is 13.1 Å². The van der Waals surface area contributed by atoms with E-state index in [0.717, 1.165) is 0 Å². The number of carbonyl (C=O) groups excluding carboxylic acids is 2. The number of phenolic OH excluding ortho intramolecular Hbond substituents is 1. The van der Waals surface area contributed by atoms with Crippen molar-refractivity contribution in [3.8, 4) is 5.75 Å². The first kappa shape index (κ1) is 21.2. The Labute approximate surface area is 166 Å². The lowest BCUT2D eigenvalue weighted by molar-refractivity contribution is -0.116. The highest BCUT2D eigenvalue weighted by atomic mass is 35.5. The van der Waals surface area contributed by atoms with Crippen molar-refractivity contribution in [2.75, 3.05) is 11.9 Å². The van der Waals surface area contributed by atoms with Crippen LogP contribution >= 0.6 is 23.2 Å². The predicted molar refractivity (Wildman–Crippen MR) is 103 cm³/mol. The molecule has 3 N–H and O–H groups in total. The minimum atomic E-state index is -3.83. The Balaban J connectivity index is 1.95. The van der Waals surface area contributed by atoms with Crippen molar-refractivity contribution >= 4 is 50.6 Å². The quantitative estimate of drug-likeness (QED) is 0.460. The largest absolute Gasteiger partial charge is 0.504 e. The summed E-state index contributed by atoms with van der Waals surface area (Å²) in [5, 5.41) is 12.4. The molecule has 0 aliphatic heterocycles. The summed E-state index contributed by atoms with van der Waals surface area (Å²) in [5.41, 5.74) is 0.425. The van der Waals surface area contributed by atoms with Gasteiger partial charge in [0.2, 0.25) is 15.9 Å². The zero-order chi connectivity index (χ0) is 20.2. The first-order chi connectivity index (χ1) is 12.6. The molecule has 0 aliphatic carbocycles. The topological polar surface area (TPSA) is 113 Å². The fourth-order valence-electron chi connectivity index (χ4n) is 2.13. The second kappa shape index (κ2) is 8.71. The zero-order valence-corrected chi connectivity index (χ0v) is 16.5. The Kier molecular flexibility index (Phi) is 6.83. The highest BCUT2D eigenvalue weighted by Crippen LogP contribution is 2.35. The standard InChI is InChI=1S/C17H16Cl2N2O5S/c1-10(22)11-2-4-13(5-3-11)27(25,26)20-7-6-16(23)21-15-9-12(18)8-14(19)17(15)24/h2-5,8-9,20,24H,6-7H2,1H3,(H,21,23). The molecule has 0 heterocycles. The molecule has 7 nitrogen and oxygen atoms in total. The Morgan fingerprint density at radius 1 is 1.11 bits per heavy atom. The molecule has 2 aromatic carbocycles. The lowest BCUT2D eigenvalue weighted by atomic mass is 10.2. The van der Waals surface area contributed by atoms with E-state index >= 15 is 0 Å². The van der Waals surface area contributed by atoms with Gasteiger partial charge < -0.3 is 10.4 Å². The van der Waals surface area contributed by atoms with Crippen molar-refractivity contribution < 1.29 is 23.1 Å². The van der Waals surface area contributed by atoms with E-state index in [4.69, 9.17) is 23.2 Å². The summed E-state index contributed by atoms with van der Waals surface area (Å²) >= 11 is 11.6. The van der Waals surface area contributed by atoms with E-state index < -0.39 is 15.9 Å². The van der Waals surface area contributed by atoms with Gasteiger partial charge in [-0.1, -0.05) is 35.3 Å². The number of hydrogen-bond acceptors (Lipinski definition) is 5. The van der Waals surface area contributed by atoms with E-state index in [9.17, 15) is 23.1 Å². The molecule has 0 aromatic heterocycles. The third kappa shape index (κ3) is 5.67. The van der Waals surface area contributed by atoms with E-state index in [1.807, 2.05) is 0 Å². The van der Waals surface area contributed by atoms with Crippen LogP contribution < -0.4 is 10.0 Å². The number of hydrogen-bond donors (Lipinski definition) is 3. The molecule has 2 aromatic rings. The smallest absolute Gasteiger partial charge is 0.240 e. The van der Waals surface area contributed by atoms with Crippen LogP contribution in [0.5, 0.6) is 5.75 Å². The van der Waals surface area contributed by atoms with Crippen molar-refractivity contribution in [3.63, 3.8) is 0 Å². The van der Waals surface area contributed by atoms with Crippen LogP contribution in [-0.4, -0.2) is 31.8 Å². The molecule has 2 rings (SSSR count). The lowest BCUT2D eigenvalue weighted by Crippen LogP contribution is -2.27. The molecule has 0 unspecified atom stereocenters. The van der Waals surface area contributed by atoms with Crippen molar-refractivity contribution in [1.29, 1.82) is 0 Å². The van der Waals surface area contributed by atoms with Crippen LogP contribution in [0.25, 0.3) is 0 Å². The molecule has 0 atom stereocenters. The summed E-state index contributed by atoms with van der Waals surface area (Å²) < 4.78 is 26.7. The zero-order valence-electron chi connectivity index (χ0n) is 14.1. The van der Waals surface area contributed by atoms with Crippen LogP contribution in [0.15, 0.2) is 41.3 Å². The number of halogens is 2. The maximum absolute atomic E-state index is 12.2. The van der Waals surface area contributed by atoms with E-state index in [1.165, 1.54) is 43.3 Å². The van der Waals surface area contributed by atoms with Gasteiger partial charge in [-0.05, 0) is 31.2 Å². The number of amides is 1. The molecule has 0 radical (unpaired) electrons. The fraction of sp³-hybridized carbons (Fsp3) is 0.176. The first-order valence-electron chi connectivity index (χ1n) is 7.68. The number of sulfonamides is 1. The third-order valence-electron chi connectivity index (χ3n) is 3.52. The third-order valence-corrected chi connectivity index (χ3v) is 5.50. The maximum atomic E-state index is 12.2. The Morgan fingerprint density at radius 3 is 2.33 bits per heavy atom. The SMILES string of the molecule is CC(=O)c1ccc(S(=O)(=O)NCCC(=O)Nc2cc(Cl)cc(Cl)c2O)cc1. The molecule has 0 spiro atoms. The van der Waals surface area contributed by atoms with E-state index in [1.54, 1.807) is 0 Å². The molecule has 0 fully saturated rings. The number of benzene rings is 2. The second-order valence-corrected chi connectivity index (χ2v) is 8.17. The van der Waals surface area contributed by atoms with Crippen molar-refractivity contribution in [2.45, 2.75) is 18.2 Å². The van der Waals surface area contributed by atoms with Gasteiger partial charge in [-0.2, -0.15) is 0 Å². The van der Waals surface area contributed by atoms with Crippen LogP contribution in [-0.2, 0) is 14.8 Å². The van der Waals surface area contributed by atoms with Gasteiger partial charge in [-0.3, -0.25) is 9.59 Å². The number of aromatic hydroxyl groups is 1. The molecule has 10 heteroatoms. The van der Waals surface area contributed by atoms with Crippen molar-refractivity contribution in [3.05, 3.63) is 52.0 Å². The summed E-state index contributed by atoms with van der Waals surface area (Å²) in [7, 11) is -3.83. The number of phenols is 1. The van der Waals surface area contributed by atoms with Crippen LogP contribution in [0.3, 0.4) is 0 Å². The monoisotopic (exact) mass is 430 g/mol. The molecule has 0 saturated heterocycles. The van der Waals surface area contributed by atoms with Gasteiger partial charge in [-0.15, -0.1) is 0 Å². The molecule has 0 bridgehead atoms. The normalized spacial score (nSPS) is 11.2. The summed E-state index contributed by atoms with van der Waals surface area (Å²) in [5.74, 6) is -1.05. The highest BCUT2D eigenvalue weighted by molar-refractivity contribution is 7.89. The van der Waals surface area contributed by atoms with Crippen molar-refractivity contribution in [2.24, 2.45) is 0 Å². The number of rotatable bonds is 7. The van der Waals surface area contributed by atoms with E-state index in [0.29, 0.717) is 5.56 Å². The fourth-order valence-corrected chi connectivity index (χ4v) is 3.65. The van der Waals surface area contributed by atoms with Gasteiger partial charge in [0.15, 0.2) is 11.5 Å². The summed E-state index contributed by atoms with van der Waals surface area (Å²) in [6.45, 7) is 1.21. The summed E-state index contributed by atoms with van der Waals surface area (Å²) in [6.07, 6.45) is -0.186. The number of Topliss-reactive ketones (excluding diaryl/α,β-unsaturated/α-hetero) is 1. The van der Waals surface area contributed by atoms with Gasteiger partial charge in [0, 0.05) is 23.6 Å². The molecule has 1 amide bonds. The number of carbonyl (C=O) groups is 2. The first-order valence-corrected chi connectivity index (χ1v) is 9.92. The van der Waals surface area contributed by atoms with Crippen LogP contribution in [0, 0.1) is 0 Å². The summed E-state index contributed by atoms with van der Waals surface area (Å²) in [6, 6.07) is 8.09. The van der Waals surface area contributed by atoms with Gasteiger partial charge >= 0.3 is 0 Å². The van der Waals surface area contributed by atoms with Crippen LogP contribution in [0.4, 0.5) is 5.69 Å². The number of anilines is 1.